The van der Waals surface area contributed by atoms with Gasteiger partial charge in [0.05, 0.1) is 0 Å². The van der Waals surface area contributed by atoms with Crippen molar-refractivity contribution in [2.75, 3.05) is 19.8 Å². The van der Waals surface area contributed by atoms with Gasteiger partial charge < -0.3 is 15.2 Å². The third-order valence-electron chi connectivity index (χ3n) is 3.95. The summed E-state index contributed by atoms with van der Waals surface area (Å²) in [6.45, 7) is 8.52. The first-order chi connectivity index (χ1) is 9.03. The van der Waals surface area contributed by atoms with Gasteiger partial charge >= 0.3 is 5.97 Å². The molecule has 4 nitrogen and oxygen atoms in total. The average Bonchev–Trinajstić information content (AvgIpc) is 2.76. The molecular weight excluding hydrogens is 242 g/mol. The van der Waals surface area contributed by atoms with Gasteiger partial charge in [-0.25, -0.2) is 0 Å². The van der Waals surface area contributed by atoms with Crippen LogP contribution in [0.3, 0.4) is 0 Å². The van der Waals surface area contributed by atoms with E-state index >= 15 is 0 Å². The zero-order valence-corrected chi connectivity index (χ0v) is 12.6. The predicted octanol–water partition coefficient (Wildman–Crippen LogP) is 2.67. The maximum atomic E-state index is 11.7. The first-order valence-electron chi connectivity index (χ1n) is 7.59. The summed E-state index contributed by atoms with van der Waals surface area (Å²) in [4.78, 5) is 11.7. The van der Waals surface area contributed by atoms with Gasteiger partial charge in [-0.15, -0.1) is 0 Å². The van der Waals surface area contributed by atoms with Crippen LogP contribution >= 0.6 is 0 Å². The van der Waals surface area contributed by atoms with Crippen molar-refractivity contribution in [3.63, 3.8) is 0 Å². The van der Waals surface area contributed by atoms with E-state index in [4.69, 9.17) is 4.74 Å². The van der Waals surface area contributed by atoms with Crippen molar-refractivity contribution in [3.8, 4) is 0 Å². The maximum absolute atomic E-state index is 11.7. The zero-order chi connectivity index (χ0) is 14.3. The Morgan fingerprint density at radius 1 is 1.53 bits per heavy atom. The normalized spacial score (nSPS) is 27.1. The lowest BCUT2D eigenvalue weighted by molar-refractivity contribution is -0.147. The molecule has 4 heteroatoms. The monoisotopic (exact) mass is 271 g/mol. The predicted molar refractivity (Wildman–Crippen MR) is 76.3 cm³/mol. The number of aliphatic carboxylic acids is 1. The van der Waals surface area contributed by atoms with E-state index in [-0.39, 0.29) is 5.92 Å². The quantitative estimate of drug-likeness (QED) is 0.633. The summed E-state index contributed by atoms with van der Waals surface area (Å²) in [5.41, 5.74) is -0.711. The molecule has 0 aromatic carbocycles. The van der Waals surface area contributed by atoms with Crippen molar-refractivity contribution in [1.29, 1.82) is 0 Å². The number of rotatable bonds is 9. The van der Waals surface area contributed by atoms with Gasteiger partial charge in [0, 0.05) is 13.2 Å². The zero-order valence-electron chi connectivity index (χ0n) is 12.6. The van der Waals surface area contributed by atoms with E-state index in [1.807, 2.05) is 0 Å². The molecule has 112 valence electrons. The number of nitrogens with one attached hydrogen (secondary N) is 1. The molecule has 0 radical (unpaired) electrons. The third kappa shape index (κ3) is 4.46. The molecule has 1 rings (SSSR count). The van der Waals surface area contributed by atoms with Crippen LogP contribution in [-0.4, -0.2) is 36.4 Å². The fraction of sp³-hybridized carbons (Fsp3) is 0.933. The largest absolute Gasteiger partial charge is 0.480 e. The lowest BCUT2D eigenvalue weighted by Gasteiger charge is -2.32. The molecule has 2 unspecified atom stereocenters. The molecule has 0 spiro atoms. The second-order valence-corrected chi connectivity index (χ2v) is 6.05. The third-order valence-corrected chi connectivity index (χ3v) is 3.95. The van der Waals surface area contributed by atoms with Gasteiger partial charge in [-0.1, -0.05) is 27.2 Å². The second-order valence-electron chi connectivity index (χ2n) is 6.05. The molecule has 1 fully saturated rings. The highest BCUT2D eigenvalue weighted by molar-refractivity contribution is 5.79. The standard InChI is InChI=1S/C15H29NO3/c1-4-9-16-15(14(17)18)8-5-6-13(15)7-10-19-11-12(2)3/h12-13,16H,4-11H2,1-3H3,(H,17,18). The molecule has 1 aliphatic rings. The van der Waals surface area contributed by atoms with Crippen molar-refractivity contribution < 1.29 is 14.6 Å². The SMILES string of the molecule is CCCNC1(C(=O)O)CCCC1CCOCC(C)C. The number of ether oxygens (including phenoxy) is 1. The van der Waals surface area contributed by atoms with Crippen LogP contribution in [0.25, 0.3) is 0 Å². The van der Waals surface area contributed by atoms with E-state index < -0.39 is 11.5 Å². The Bertz CT molecular complexity index is 281. The second kappa shape index (κ2) is 7.85. The first-order valence-corrected chi connectivity index (χ1v) is 7.59. The highest BCUT2D eigenvalue weighted by Gasteiger charge is 2.48. The summed E-state index contributed by atoms with van der Waals surface area (Å²) in [7, 11) is 0. The van der Waals surface area contributed by atoms with Gasteiger partial charge in [0.15, 0.2) is 0 Å². The Morgan fingerprint density at radius 2 is 2.26 bits per heavy atom. The topological polar surface area (TPSA) is 58.6 Å². The molecule has 0 aromatic rings. The summed E-state index contributed by atoms with van der Waals surface area (Å²) in [5, 5.41) is 12.9. The van der Waals surface area contributed by atoms with Crippen LogP contribution in [-0.2, 0) is 9.53 Å². The lowest BCUT2D eigenvalue weighted by Crippen LogP contribution is -2.55. The summed E-state index contributed by atoms with van der Waals surface area (Å²) >= 11 is 0. The molecule has 19 heavy (non-hydrogen) atoms. The van der Waals surface area contributed by atoms with Gasteiger partial charge in [0.25, 0.3) is 0 Å². The molecule has 2 atom stereocenters. The Morgan fingerprint density at radius 3 is 2.84 bits per heavy atom. The molecule has 0 heterocycles. The Kier molecular flexibility index (Phi) is 6.80. The molecular formula is C15H29NO3. The van der Waals surface area contributed by atoms with E-state index in [0.29, 0.717) is 12.5 Å². The van der Waals surface area contributed by atoms with E-state index in [0.717, 1.165) is 45.3 Å². The van der Waals surface area contributed by atoms with Crippen molar-refractivity contribution in [3.05, 3.63) is 0 Å². The summed E-state index contributed by atoms with van der Waals surface area (Å²) < 4.78 is 5.61. The summed E-state index contributed by atoms with van der Waals surface area (Å²) in [6, 6.07) is 0. The van der Waals surface area contributed by atoms with Crippen molar-refractivity contribution in [1.82, 2.24) is 5.32 Å². The summed E-state index contributed by atoms with van der Waals surface area (Å²) in [5.74, 6) is 0.0436. The fourth-order valence-corrected chi connectivity index (χ4v) is 2.95. The molecule has 0 saturated heterocycles. The molecule has 1 saturated carbocycles. The lowest BCUT2D eigenvalue weighted by atomic mass is 9.84. The van der Waals surface area contributed by atoms with E-state index in [1.165, 1.54) is 0 Å². The number of hydrogen-bond donors (Lipinski definition) is 2. The number of carbonyl (C=O) groups is 1. The molecule has 0 bridgehead atoms. The van der Waals surface area contributed by atoms with E-state index in [9.17, 15) is 9.90 Å². The van der Waals surface area contributed by atoms with Gasteiger partial charge in [-0.3, -0.25) is 4.79 Å². The molecule has 0 aliphatic heterocycles. The molecule has 2 N–H and O–H groups in total. The van der Waals surface area contributed by atoms with E-state index in [2.05, 4.69) is 26.1 Å². The molecule has 0 aromatic heterocycles. The average molecular weight is 271 g/mol. The minimum atomic E-state index is -0.711. The van der Waals surface area contributed by atoms with Crippen LogP contribution in [0, 0.1) is 11.8 Å². The van der Waals surface area contributed by atoms with Gasteiger partial charge in [0.2, 0.25) is 0 Å². The highest BCUT2D eigenvalue weighted by Crippen LogP contribution is 2.38. The van der Waals surface area contributed by atoms with Crippen LogP contribution in [0.4, 0.5) is 0 Å². The highest BCUT2D eigenvalue weighted by atomic mass is 16.5. The minimum absolute atomic E-state index is 0.198. The van der Waals surface area contributed by atoms with Crippen LogP contribution in [0.5, 0.6) is 0 Å². The maximum Gasteiger partial charge on any atom is 0.324 e. The van der Waals surface area contributed by atoms with Crippen LogP contribution in [0.2, 0.25) is 0 Å². The van der Waals surface area contributed by atoms with Crippen molar-refractivity contribution in [2.45, 2.75) is 58.4 Å². The van der Waals surface area contributed by atoms with Gasteiger partial charge in [-0.2, -0.15) is 0 Å². The first kappa shape index (κ1) is 16.4. The fourth-order valence-electron chi connectivity index (χ4n) is 2.95. The molecule has 1 aliphatic carbocycles. The van der Waals surface area contributed by atoms with E-state index in [1.54, 1.807) is 0 Å². The van der Waals surface area contributed by atoms with Crippen LogP contribution in [0.15, 0.2) is 0 Å². The van der Waals surface area contributed by atoms with Gasteiger partial charge in [0.1, 0.15) is 5.54 Å². The number of carboxylic acids is 1. The van der Waals surface area contributed by atoms with Crippen molar-refractivity contribution >= 4 is 5.97 Å². The van der Waals surface area contributed by atoms with Crippen molar-refractivity contribution in [2.24, 2.45) is 11.8 Å². The number of carboxylic acid groups (broad SMARTS) is 1. The van der Waals surface area contributed by atoms with Crippen LogP contribution in [0.1, 0.15) is 52.9 Å². The Hall–Kier alpha value is -0.610. The van der Waals surface area contributed by atoms with Crippen LogP contribution < -0.4 is 5.32 Å². The number of hydrogen-bond acceptors (Lipinski definition) is 3. The Labute approximate surface area is 116 Å². The smallest absolute Gasteiger partial charge is 0.324 e. The Balaban J connectivity index is 2.51. The summed E-state index contributed by atoms with van der Waals surface area (Å²) in [6.07, 6.45) is 4.55. The minimum Gasteiger partial charge on any atom is -0.480 e. The van der Waals surface area contributed by atoms with Gasteiger partial charge in [-0.05, 0) is 44.1 Å². The molecule has 0 amide bonds.